The Kier molecular flexibility index (Phi) is 6.50. The predicted molar refractivity (Wildman–Crippen MR) is 118 cm³/mol. The molecule has 0 spiro atoms. The Morgan fingerprint density at radius 3 is 3.00 bits per heavy atom. The van der Waals surface area contributed by atoms with Crippen molar-refractivity contribution in [1.82, 2.24) is 14.3 Å². The zero-order valence-corrected chi connectivity index (χ0v) is 18.1. The molecular weight excluding hydrogens is 418 g/mol. The van der Waals surface area contributed by atoms with E-state index < -0.39 is 0 Å². The van der Waals surface area contributed by atoms with Crippen LogP contribution < -0.4 is 5.32 Å². The summed E-state index contributed by atoms with van der Waals surface area (Å²) in [7, 11) is 0. The molecule has 1 aliphatic heterocycles. The number of carbonyl (C=O) groups is 1. The number of nitriles is 1. The van der Waals surface area contributed by atoms with Gasteiger partial charge in [-0.1, -0.05) is 12.1 Å². The molecular formula is C21H21N5O2S2. The minimum Gasteiger partial charge on any atom is -0.379 e. The molecule has 0 aliphatic carbocycles. The average Bonchev–Trinajstić information content (AvgIpc) is 3.44. The number of nitrogens with one attached hydrogen (secondary N) is 1. The molecule has 4 rings (SSSR count). The van der Waals surface area contributed by atoms with E-state index in [1.54, 1.807) is 6.07 Å². The van der Waals surface area contributed by atoms with Crippen molar-refractivity contribution in [3.05, 3.63) is 52.7 Å². The van der Waals surface area contributed by atoms with E-state index in [0.717, 1.165) is 49.0 Å². The zero-order valence-electron chi connectivity index (χ0n) is 16.5. The molecule has 1 unspecified atom stereocenters. The summed E-state index contributed by atoms with van der Waals surface area (Å²) in [4.78, 5) is 20.4. The highest BCUT2D eigenvalue weighted by atomic mass is 32.1. The normalized spacial score (nSPS) is 15.5. The summed E-state index contributed by atoms with van der Waals surface area (Å²) < 4.78 is 9.80. The topological polar surface area (TPSA) is 91.1 Å². The molecule has 1 fully saturated rings. The maximum Gasteiger partial charge on any atom is 0.258 e. The number of hydrogen-bond donors (Lipinski definition) is 1. The second-order valence-electron chi connectivity index (χ2n) is 7.06. The van der Waals surface area contributed by atoms with E-state index in [4.69, 9.17) is 10.00 Å². The molecule has 2 aromatic heterocycles. The first-order chi connectivity index (χ1) is 14.6. The number of ether oxygens (including phenoxy) is 1. The second-order valence-corrected chi connectivity index (χ2v) is 8.73. The molecule has 3 heterocycles. The van der Waals surface area contributed by atoms with Gasteiger partial charge in [-0.25, -0.2) is 4.98 Å². The Bertz CT molecular complexity index is 1070. The lowest BCUT2D eigenvalue weighted by Crippen LogP contribution is -2.43. The fraction of sp³-hybridized carbons (Fsp3) is 0.333. The number of benzene rings is 1. The van der Waals surface area contributed by atoms with Crippen LogP contribution in [0.5, 0.6) is 0 Å². The third kappa shape index (κ3) is 4.91. The monoisotopic (exact) mass is 439 g/mol. The summed E-state index contributed by atoms with van der Waals surface area (Å²) in [5.74, 6) is 0.534. The first-order valence-electron chi connectivity index (χ1n) is 9.67. The Morgan fingerprint density at radius 2 is 2.20 bits per heavy atom. The second kappa shape index (κ2) is 9.45. The standard InChI is InChI=1S/C21H21N5O2S2/c1-14(26-5-7-28-8-6-26)9-19-23-21(30-25-19)24-20(27)17-11-18(29-13-17)16-4-2-3-15(10-16)12-22/h2-4,10-11,13-14H,5-9H2,1H3,(H,23,24,25,27). The first-order valence-corrected chi connectivity index (χ1v) is 11.3. The minimum atomic E-state index is -0.210. The van der Waals surface area contributed by atoms with Crippen LogP contribution in [0.2, 0.25) is 0 Å². The van der Waals surface area contributed by atoms with Crippen molar-refractivity contribution in [1.29, 1.82) is 5.26 Å². The van der Waals surface area contributed by atoms with Gasteiger partial charge in [-0.15, -0.1) is 11.3 Å². The van der Waals surface area contributed by atoms with Gasteiger partial charge in [-0.2, -0.15) is 9.64 Å². The maximum atomic E-state index is 12.6. The van der Waals surface area contributed by atoms with Crippen LogP contribution in [0.1, 0.15) is 28.7 Å². The van der Waals surface area contributed by atoms with E-state index >= 15 is 0 Å². The van der Waals surface area contributed by atoms with Crippen LogP contribution in [0.4, 0.5) is 5.13 Å². The number of thiophene rings is 1. The van der Waals surface area contributed by atoms with Crippen LogP contribution in [-0.4, -0.2) is 52.5 Å². The van der Waals surface area contributed by atoms with Gasteiger partial charge in [-0.05, 0) is 30.7 Å². The Morgan fingerprint density at radius 1 is 1.37 bits per heavy atom. The van der Waals surface area contributed by atoms with Gasteiger partial charge in [0.05, 0.1) is 30.4 Å². The predicted octanol–water partition coefficient (Wildman–Crippen LogP) is 3.65. The number of carbonyl (C=O) groups excluding carboxylic acids is 1. The lowest BCUT2D eigenvalue weighted by molar-refractivity contribution is 0.0200. The van der Waals surface area contributed by atoms with Gasteiger partial charge in [0.15, 0.2) is 0 Å². The highest BCUT2D eigenvalue weighted by Crippen LogP contribution is 2.28. The molecule has 0 bridgehead atoms. The number of morpholine rings is 1. The molecule has 1 aromatic carbocycles. The third-order valence-electron chi connectivity index (χ3n) is 4.97. The number of amides is 1. The van der Waals surface area contributed by atoms with Crippen LogP contribution in [0.25, 0.3) is 10.4 Å². The molecule has 30 heavy (non-hydrogen) atoms. The molecule has 0 radical (unpaired) electrons. The zero-order chi connectivity index (χ0) is 20.9. The summed E-state index contributed by atoms with van der Waals surface area (Å²) >= 11 is 2.67. The summed E-state index contributed by atoms with van der Waals surface area (Å²) in [6.07, 6.45) is 0.740. The van der Waals surface area contributed by atoms with E-state index in [-0.39, 0.29) is 5.91 Å². The first kappa shape index (κ1) is 20.6. The van der Waals surface area contributed by atoms with E-state index in [2.05, 4.69) is 32.6 Å². The molecule has 9 heteroatoms. The van der Waals surface area contributed by atoms with Crippen LogP contribution in [-0.2, 0) is 11.2 Å². The lowest BCUT2D eigenvalue weighted by Gasteiger charge is -2.31. The Balaban J connectivity index is 1.37. The van der Waals surface area contributed by atoms with Crippen molar-refractivity contribution >= 4 is 33.9 Å². The average molecular weight is 440 g/mol. The SMILES string of the molecule is CC(Cc1nsc(NC(=O)c2csc(-c3cccc(C#N)c3)c2)n1)N1CCOCC1. The number of nitrogens with zero attached hydrogens (tertiary/aromatic N) is 4. The van der Waals surface area contributed by atoms with Crippen LogP contribution in [0.15, 0.2) is 35.7 Å². The van der Waals surface area contributed by atoms with E-state index in [9.17, 15) is 4.79 Å². The van der Waals surface area contributed by atoms with Crippen molar-refractivity contribution in [2.45, 2.75) is 19.4 Å². The van der Waals surface area contributed by atoms with Crippen LogP contribution in [0.3, 0.4) is 0 Å². The number of aromatic nitrogens is 2. The molecule has 7 nitrogen and oxygen atoms in total. The molecule has 1 N–H and O–H groups in total. The molecule has 154 valence electrons. The Hall–Kier alpha value is -2.64. The fourth-order valence-electron chi connectivity index (χ4n) is 3.32. The molecule has 3 aromatic rings. The molecule has 1 amide bonds. The quantitative estimate of drug-likeness (QED) is 0.630. The van der Waals surface area contributed by atoms with E-state index in [1.807, 2.05) is 29.6 Å². The highest BCUT2D eigenvalue weighted by molar-refractivity contribution is 7.14. The van der Waals surface area contributed by atoms with Gasteiger partial charge in [0.25, 0.3) is 5.91 Å². The smallest absolute Gasteiger partial charge is 0.258 e. The van der Waals surface area contributed by atoms with Gasteiger partial charge < -0.3 is 4.74 Å². The number of hydrogen-bond acceptors (Lipinski definition) is 8. The van der Waals surface area contributed by atoms with Gasteiger partial charge >= 0.3 is 0 Å². The van der Waals surface area contributed by atoms with Gasteiger partial charge in [0.2, 0.25) is 5.13 Å². The maximum absolute atomic E-state index is 12.6. The number of rotatable bonds is 6. The van der Waals surface area contributed by atoms with Crippen molar-refractivity contribution in [2.75, 3.05) is 31.6 Å². The molecule has 1 atom stereocenters. The summed E-state index contributed by atoms with van der Waals surface area (Å²) in [5, 5.41) is 14.2. The fourth-order valence-corrected chi connectivity index (χ4v) is 4.80. The summed E-state index contributed by atoms with van der Waals surface area (Å²) in [5.41, 5.74) is 2.09. The summed E-state index contributed by atoms with van der Waals surface area (Å²) in [6.45, 7) is 5.54. The van der Waals surface area contributed by atoms with Crippen molar-refractivity contribution in [3.8, 4) is 16.5 Å². The molecule has 0 saturated carbocycles. The van der Waals surface area contributed by atoms with Gasteiger partial charge in [-0.3, -0.25) is 15.0 Å². The van der Waals surface area contributed by atoms with Crippen molar-refractivity contribution in [3.63, 3.8) is 0 Å². The van der Waals surface area contributed by atoms with Gasteiger partial charge in [0.1, 0.15) is 5.82 Å². The molecule has 1 saturated heterocycles. The van der Waals surface area contributed by atoms with Crippen molar-refractivity contribution < 1.29 is 9.53 Å². The van der Waals surface area contributed by atoms with Crippen LogP contribution >= 0.6 is 22.9 Å². The van der Waals surface area contributed by atoms with Crippen LogP contribution in [0, 0.1) is 11.3 Å². The third-order valence-corrected chi connectivity index (χ3v) is 6.62. The van der Waals surface area contributed by atoms with E-state index in [0.29, 0.717) is 22.3 Å². The lowest BCUT2D eigenvalue weighted by atomic mass is 10.1. The molecule has 1 aliphatic rings. The van der Waals surface area contributed by atoms with Gasteiger partial charge in [0, 0.05) is 47.3 Å². The summed E-state index contributed by atoms with van der Waals surface area (Å²) in [6, 6.07) is 11.7. The van der Waals surface area contributed by atoms with Crippen molar-refractivity contribution in [2.24, 2.45) is 0 Å². The number of anilines is 1. The minimum absolute atomic E-state index is 0.210. The van der Waals surface area contributed by atoms with E-state index in [1.165, 1.54) is 22.9 Å². The largest absolute Gasteiger partial charge is 0.379 e. The Labute approximate surface area is 183 Å². The highest BCUT2D eigenvalue weighted by Gasteiger charge is 2.19.